The van der Waals surface area contributed by atoms with Crippen LogP contribution in [0.3, 0.4) is 0 Å². The minimum Gasteiger partial charge on any atom is -0.379 e. The molecule has 2 fully saturated rings. The first-order chi connectivity index (χ1) is 14.7. The number of anilines is 1. The number of rotatable bonds is 8. The molecule has 1 unspecified atom stereocenters. The van der Waals surface area contributed by atoms with E-state index in [1.54, 1.807) is 0 Å². The zero-order valence-corrected chi connectivity index (χ0v) is 21.8. The topological polar surface area (TPSA) is 65.0 Å². The van der Waals surface area contributed by atoms with Gasteiger partial charge in [-0.05, 0) is 49.3 Å². The highest BCUT2D eigenvalue weighted by atomic mass is 127. The number of guanidine groups is 1. The normalized spacial score (nSPS) is 19.1. The van der Waals surface area contributed by atoms with E-state index < -0.39 is 0 Å². The molecule has 0 bridgehead atoms. The van der Waals surface area contributed by atoms with E-state index in [0.29, 0.717) is 12.0 Å². The van der Waals surface area contributed by atoms with Crippen LogP contribution in [0.1, 0.15) is 45.1 Å². The summed E-state index contributed by atoms with van der Waals surface area (Å²) in [6.07, 6.45) is 6.96. The van der Waals surface area contributed by atoms with Crippen LogP contribution in [0, 0.1) is 5.92 Å². The number of nitrogens with one attached hydrogen (secondary N) is 2. The fraction of sp³-hybridized carbons (Fsp3) is 0.739. The average Bonchev–Trinajstić information content (AvgIpc) is 2.79. The van der Waals surface area contributed by atoms with Crippen LogP contribution in [0.2, 0.25) is 0 Å². The van der Waals surface area contributed by atoms with Gasteiger partial charge in [-0.2, -0.15) is 0 Å². The van der Waals surface area contributed by atoms with E-state index in [2.05, 4.69) is 56.4 Å². The zero-order valence-electron chi connectivity index (χ0n) is 19.5. The lowest BCUT2D eigenvalue weighted by molar-refractivity contribution is 0.0132. The summed E-state index contributed by atoms with van der Waals surface area (Å²) in [6.45, 7) is 12.2. The quantitative estimate of drug-likeness (QED) is 0.298. The molecule has 8 heteroatoms. The summed E-state index contributed by atoms with van der Waals surface area (Å²) in [5, 5.41) is 7.03. The molecule has 2 aliphatic heterocycles. The SMILES string of the molecule is CN=C(NCc1ccnc(N2CCCCC2)c1)NCC(CC(C)C)N1CCOCC1.I. The van der Waals surface area contributed by atoms with E-state index in [-0.39, 0.29) is 24.0 Å². The molecule has 7 nitrogen and oxygen atoms in total. The van der Waals surface area contributed by atoms with Crippen LogP contribution in [0.25, 0.3) is 0 Å². The number of hydrogen-bond donors (Lipinski definition) is 2. The second-order valence-corrected chi connectivity index (χ2v) is 8.81. The first kappa shape index (κ1) is 26.1. The average molecular weight is 545 g/mol. The summed E-state index contributed by atoms with van der Waals surface area (Å²) in [7, 11) is 1.84. The van der Waals surface area contributed by atoms with Crippen LogP contribution in [-0.4, -0.2) is 74.9 Å². The molecular formula is C23H41IN6O. The third-order valence-corrected chi connectivity index (χ3v) is 5.98. The molecule has 31 heavy (non-hydrogen) atoms. The van der Waals surface area contributed by atoms with Gasteiger partial charge in [0.15, 0.2) is 5.96 Å². The number of nitrogens with zero attached hydrogens (tertiary/aromatic N) is 4. The predicted octanol–water partition coefficient (Wildman–Crippen LogP) is 3.10. The van der Waals surface area contributed by atoms with Gasteiger partial charge in [0.05, 0.1) is 13.2 Å². The molecule has 1 aromatic rings. The number of aliphatic imine (C=N–C) groups is 1. The van der Waals surface area contributed by atoms with E-state index >= 15 is 0 Å². The van der Waals surface area contributed by atoms with E-state index in [1.165, 1.54) is 31.2 Å². The highest BCUT2D eigenvalue weighted by Gasteiger charge is 2.22. The molecule has 0 saturated carbocycles. The summed E-state index contributed by atoms with van der Waals surface area (Å²) in [5.74, 6) is 2.62. The first-order valence-electron chi connectivity index (χ1n) is 11.6. The highest BCUT2D eigenvalue weighted by Crippen LogP contribution is 2.18. The largest absolute Gasteiger partial charge is 0.379 e. The molecule has 176 valence electrons. The number of aromatic nitrogens is 1. The first-order valence-corrected chi connectivity index (χ1v) is 11.6. The van der Waals surface area contributed by atoms with Crippen molar-refractivity contribution in [2.24, 2.45) is 10.9 Å². The molecule has 1 atom stereocenters. The Balaban J connectivity index is 0.00000341. The Labute approximate surface area is 205 Å². The van der Waals surface area contributed by atoms with Gasteiger partial charge in [-0.25, -0.2) is 4.98 Å². The highest BCUT2D eigenvalue weighted by molar-refractivity contribution is 14.0. The van der Waals surface area contributed by atoms with Crippen molar-refractivity contribution >= 4 is 35.8 Å². The number of halogens is 1. The Bertz CT molecular complexity index is 659. The van der Waals surface area contributed by atoms with Crippen LogP contribution in [0.5, 0.6) is 0 Å². The predicted molar refractivity (Wildman–Crippen MR) is 140 cm³/mol. The lowest BCUT2D eigenvalue weighted by Gasteiger charge is -2.35. The Morgan fingerprint density at radius 2 is 1.87 bits per heavy atom. The van der Waals surface area contributed by atoms with Crippen molar-refractivity contribution in [3.63, 3.8) is 0 Å². The Morgan fingerprint density at radius 3 is 2.55 bits per heavy atom. The van der Waals surface area contributed by atoms with E-state index in [9.17, 15) is 0 Å². The number of ether oxygens (including phenoxy) is 1. The van der Waals surface area contributed by atoms with Crippen LogP contribution in [0.4, 0.5) is 5.82 Å². The van der Waals surface area contributed by atoms with Gasteiger partial charge in [-0.3, -0.25) is 9.89 Å². The molecule has 2 saturated heterocycles. The van der Waals surface area contributed by atoms with Crippen molar-refractivity contribution in [1.82, 2.24) is 20.5 Å². The Morgan fingerprint density at radius 1 is 1.13 bits per heavy atom. The molecule has 0 radical (unpaired) electrons. The Kier molecular flexibility index (Phi) is 11.9. The smallest absolute Gasteiger partial charge is 0.191 e. The van der Waals surface area contributed by atoms with Crippen molar-refractivity contribution in [2.45, 2.75) is 52.1 Å². The summed E-state index contributed by atoms with van der Waals surface area (Å²) < 4.78 is 5.54. The summed E-state index contributed by atoms with van der Waals surface area (Å²) in [4.78, 5) is 14.0. The minimum absolute atomic E-state index is 0. The van der Waals surface area contributed by atoms with Gasteiger partial charge in [0, 0.05) is 58.6 Å². The van der Waals surface area contributed by atoms with E-state index in [0.717, 1.165) is 64.3 Å². The van der Waals surface area contributed by atoms with Crippen molar-refractivity contribution in [2.75, 3.05) is 57.9 Å². The lowest BCUT2D eigenvalue weighted by Crippen LogP contribution is -2.50. The molecule has 3 heterocycles. The zero-order chi connectivity index (χ0) is 21.2. The minimum atomic E-state index is 0. The van der Waals surface area contributed by atoms with Gasteiger partial charge in [0.1, 0.15) is 5.82 Å². The molecule has 0 aromatic carbocycles. The van der Waals surface area contributed by atoms with Crippen molar-refractivity contribution in [3.05, 3.63) is 23.9 Å². The molecule has 2 N–H and O–H groups in total. The van der Waals surface area contributed by atoms with Crippen molar-refractivity contribution in [3.8, 4) is 0 Å². The van der Waals surface area contributed by atoms with Gasteiger partial charge in [0.25, 0.3) is 0 Å². The van der Waals surface area contributed by atoms with E-state index in [4.69, 9.17) is 4.74 Å². The van der Waals surface area contributed by atoms with Crippen LogP contribution in [-0.2, 0) is 11.3 Å². The third-order valence-electron chi connectivity index (χ3n) is 5.98. The molecule has 1 aromatic heterocycles. The third kappa shape index (κ3) is 8.73. The maximum atomic E-state index is 5.54. The number of morpholine rings is 1. The molecule has 2 aliphatic rings. The van der Waals surface area contributed by atoms with Gasteiger partial charge in [0.2, 0.25) is 0 Å². The molecule has 0 amide bonds. The van der Waals surface area contributed by atoms with Gasteiger partial charge < -0.3 is 20.3 Å². The fourth-order valence-corrected chi connectivity index (χ4v) is 4.34. The monoisotopic (exact) mass is 544 g/mol. The lowest BCUT2D eigenvalue weighted by atomic mass is 10.0. The second kappa shape index (κ2) is 14.1. The number of piperidine rings is 1. The van der Waals surface area contributed by atoms with Crippen LogP contribution in [0.15, 0.2) is 23.3 Å². The molecule has 0 aliphatic carbocycles. The summed E-state index contributed by atoms with van der Waals surface area (Å²) in [6, 6.07) is 4.79. The summed E-state index contributed by atoms with van der Waals surface area (Å²) >= 11 is 0. The Hall–Kier alpha value is -1.13. The van der Waals surface area contributed by atoms with Crippen molar-refractivity contribution < 1.29 is 4.74 Å². The summed E-state index contributed by atoms with van der Waals surface area (Å²) in [5.41, 5.74) is 1.24. The maximum Gasteiger partial charge on any atom is 0.191 e. The number of pyridine rings is 1. The van der Waals surface area contributed by atoms with E-state index in [1.807, 2.05) is 13.2 Å². The molecule has 0 spiro atoms. The van der Waals surface area contributed by atoms with Gasteiger partial charge >= 0.3 is 0 Å². The van der Waals surface area contributed by atoms with Gasteiger partial charge in [-0.15, -0.1) is 24.0 Å². The molecular weight excluding hydrogens is 503 g/mol. The van der Waals surface area contributed by atoms with Gasteiger partial charge in [-0.1, -0.05) is 13.8 Å². The number of hydrogen-bond acceptors (Lipinski definition) is 5. The van der Waals surface area contributed by atoms with Crippen molar-refractivity contribution in [1.29, 1.82) is 0 Å². The standard InChI is InChI=1S/C23H40N6O.HI/c1-19(2)15-21(28-11-13-30-14-12-28)18-27-23(24-3)26-17-20-7-8-25-22(16-20)29-9-5-4-6-10-29;/h7-8,16,19,21H,4-6,9-15,17-18H2,1-3H3,(H2,24,26,27);1H. The fourth-order valence-electron chi connectivity index (χ4n) is 4.34. The second-order valence-electron chi connectivity index (χ2n) is 8.81. The molecule has 3 rings (SSSR count). The van der Waals surface area contributed by atoms with Crippen LogP contribution < -0.4 is 15.5 Å². The van der Waals surface area contributed by atoms with Crippen LogP contribution >= 0.6 is 24.0 Å². The maximum absolute atomic E-state index is 5.54.